The lowest BCUT2D eigenvalue weighted by Gasteiger charge is -2.08. The van der Waals surface area contributed by atoms with E-state index < -0.39 is 0 Å². The molecule has 144 valence electrons. The largest absolute Gasteiger partial charge is 0.496 e. The van der Waals surface area contributed by atoms with E-state index in [1.165, 1.54) is 4.88 Å². The lowest BCUT2D eigenvalue weighted by atomic mass is 10.2. The molecule has 0 fully saturated rings. The Morgan fingerprint density at radius 2 is 2.04 bits per heavy atom. The van der Waals surface area contributed by atoms with Gasteiger partial charge in [-0.05, 0) is 30.5 Å². The SMILES string of the molecule is COc1ccccc1CNc1nc(C)c(-c2ccn(CCc3cccs3)n2)s1. The second-order valence-corrected chi connectivity index (χ2v) is 8.42. The molecule has 4 aromatic rings. The molecule has 5 nitrogen and oxygen atoms in total. The normalized spacial score (nSPS) is 10.9. The molecule has 0 bridgehead atoms. The van der Waals surface area contributed by atoms with Gasteiger partial charge in [0.1, 0.15) is 11.4 Å². The first-order valence-electron chi connectivity index (χ1n) is 9.12. The van der Waals surface area contributed by atoms with E-state index in [9.17, 15) is 0 Å². The van der Waals surface area contributed by atoms with E-state index in [0.717, 1.165) is 45.7 Å². The summed E-state index contributed by atoms with van der Waals surface area (Å²) in [6.45, 7) is 3.59. The lowest BCUT2D eigenvalue weighted by molar-refractivity contribution is 0.410. The molecule has 0 atom stereocenters. The van der Waals surface area contributed by atoms with Crippen LogP contribution in [0, 0.1) is 6.92 Å². The van der Waals surface area contributed by atoms with Gasteiger partial charge in [0.15, 0.2) is 5.13 Å². The van der Waals surface area contributed by atoms with Crippen molar-refractivity contribution in [2.75, 3.05) is 12.4 Å². The molecule has 0 spiro atoms. The van der Waals surface area contributed by atoms with Gasteiger partial charge in [-0.3, -0.25) is 4.68 Å². The molecule has 0 amide bonds. The number of benzene rings is 1. The average molecular weight is 411 g/mol. The average Bonchev–Trinajstić information content (AvgIpc) is 3.46. The summed E-state index contributed by atoms with van der Waals surface area (Å²) in [5, 5.41) is 11.2. The third-order valence-electron chi connectivity index (χ3n) is 4.46. The van der Waals surface area contributed by atoms with Crippen LogP contribution in [0.5, 0.6) is 5.75 Å². The number of nitrogens with one attached hydrogen (secondary N) is 1. The number of methoxy groups -OCH3 is 1. The van der Waals surface area contributed by atoms with Gasteiger partial charge in [0.05, 0.1) is 17.7 Å². The van der Waals surface area contributed by atoms with Crippen LogP contribution in [0.25, 0.3) is 10.6 Å². The predicted octanol–water partition coefficient (Wildman–Crippen LogP) is 5.24. The predicted molar refractivity (Wildman–Crippen MR) is 116 cm³/mol. The van der Waals surface area contributed by atoms with Crippen LogP contribution in [0.1, 0.15) is 16.1 Å². The van der Waals surface area contributed by atoms with Crippen LogP contribution in [0.3, 0.4) is 0 Å². The van der Waals surface area contributed by atoms with Gasteiger partial charge in [-0.25, -0.2) is 4.98 Å². The first-order valence-corrected chi connectivity index (χ1v) is 10.8. The van der Waals surface area contributed by atoms with Crippen molar-refractivity contribution in [2.45, 2.75) is 26.4 Å². The summed E-state index contributed by atoms with van der Waals surface area (Å²) >= 11 is 3.43. The number of ether oxygens (including phenoxy) is 1. The summed E-state index contributed by atoms with van der Waals surface area (Å²) in [6, 6.07) is 14.3. The maximum absolute atomic E-state index is 5.42. The molecular formula is C21H22N4OS2. The number of rotatable bonds is 8. The van der Waals surface area contributed by atoms with Gasteiger partial charge in [0.2, 0.25) is 0 Å². The van der Waals surface area contributed by atoms with Crippen molar-refractivity contribution in [2.24, 2.45) is 0 Å². The van der Waals surface area contributed by atoms with Gasteiger partial charge in [-0.15, -0.1) is 11.3 Å². The van der Waals surface area contributed by atoms with Crippen LogP contribution in [-0.4, -0.2) is 21.9 Å². The van der Waals surface area contributed by atoms with E-state index in [4.69, 9.17) is 9.84 Å². The minimum absolute atomic E-state index is 0.672. The number of thiophene rings is 1. The molecule has 1 N–H and O–H groups in total. The van der Waals surface area contributed by atoms with Crippen LogP contribution in [0.2, 0.25) is 0 Å². The number of aryl methyl sites for hydroxylation is 3. The maximum atomic E-state index is 5.42. The number of anilines is 1. The Morgan fingerprint density at radius 1 is 1.14 bits per heavy atom. The van der Waals surface area contributed by atoms with E-state index in [2.05, 4.69) is 39.9 Å². The maximum Gasteiger partial charge on any atom is 0.183 e. The minimum Gasteiger partial charge on any atom is -0.496 e. The smallest absolute Gasteiger partial charge is 0.183 e. The van der Waals surface area contributed by atoms with Gasteiger partial charge < -0.3 is 10.1 Å². The van der Waals surface area contributed by atoms with Gasteiger partial charge in [0, 0.05) is 36.1 Å². The molecule has 3 heterocycles. The number of thiazole rings is 1. The summed E-state index contributed by atoms with van der Waals surface area (Å²) in [7, 11) is 1.69. The summed E-state index contributed by atoms with van der Waals surface area (Å²) in [5.74, 6) is 0.882. The number of hydrogen-bond acceptors (Lipinski definition) is 6. The van der Waals surface area contributed by atoms with E-state index >= 15 is 0 Å². The van der Waals surface area contributed by atoms with Crippen LogP contribution < -0.4 is 10.1 Å². The first kappa shape index (κ1) is 18.7. The molecule has 0 aliphatic carbocycles. The summed E-state index contributed by atoms with van der Waals surface area (Å²) < 4.78 is 7.43. The molecule has 0 unspecified atom stereocenters. The monoisotopic (exact) mass is 410 g/mol. The first-order chi connectivity index (χ1) is 13.7. The molecule has 28 heavy (non-hydrogen) atoms. The second-order valence-electron chi connectivity index (χ2n) is 6.39. The van der Waals surface area contributed by atoms with Crippen LogP contribution in [-0.2, 0) is 19.5 Å². The zero-order valence-corrected chi connectivity index (χ0v) is 17.5. The molecule has 4 rings (SSSR count). The summed E-state index contributed by atoms with van der Waals surface area (Å²) in [4.78, 5) is 7.16. The van der Waals surface area contributed by atoms with E-state index in [1.54, 1.807) is 29.8 Å². The molecule has 3 aromatic heterocycles. The Labute approximate surface area is 172 Å². The Balaban J connectivity index is 1.43. The van der Waals surface area contributed by atoms with Gasteiger partial charge in [-0.1, -0.05) is 35.6 Å². The zero-order valence-electron chi connectivity index (χ0n) is 15.9. The van der Waals surface area contributed by atoms with Crippen molar-refractivity contribution < 1.29 is 4.74 Å². The van der Waals surface area contributed by atoms with E-state index in [0.29, 0.717) is 6.54 Å². The zero-order chi connectivity index (χ0) is 19.3. The van der Waals surface area contributed by atoms with Crippen LogP contribution in [0.15, 0.2) is 54.0 Å². The van der Waals surface area contributed by atoms with Crippen molar-refractivity contribution in [1.29, 1.82) is 0 Å². The highest BCUT2D eigenvalue weighted by Crippen LogP contribution is 2.32. The van der Waals surface area contributed by atoms with E-state index in [1.807, 2.05) is 36.0 Å². The quantitative estimate of drug-likeness (QED) is 0.432. The van der Waals surface area contributed by atoms with Gasteiger partial charge in [-0.2, -0.15) is 5.10 Å². The third-order valence-corrected chi connectivity index (χ3v) is 6.53. The highest BCUT2D eigenvalue weighted by molar-refractivity contribution is 7.19. The standard InChI is InChI=1S/C21H22N4OS2/c1-15-20(18-10-12-25(24-18)11-9-17-7-5-13-27-17)28-21(23-15)22-14-16-6-3-4-8-19(16)26-2/h3-8,10,12-13H,9,11,14H2,1-2H3,(H,22,23). The fraction of sp³-hybridized carbons (Fsp3) is 0.238. The Bertz CT molecular complexity index is 1040. The summed E-state index contributed by atoms with van der Waals surface area (Å²) in [5.41, 5.74) is 3.08. The molecule has 0 aliphatic heterocycles. The third kappa shape index (κ3) is 4.26. The van der Waals surface area contributed by atoms with E-state index in [-0.39, 0.29) is 0 Å². The number of para-hydroxylation sites is 1. The number of aromatic nitrogens is 3. The van der Waals surface area contributed by atoms with Crippen LogP contribution in [0.4, 0.5) is 5.13 Å². The molecule has 0 aliphatic rings. The Hall–Kier alpha value is -2.64. The number of hydrogen-bond donors (Lipinski definition) is 1. The summed E-state index contributed by atoms with van der Waals surface area (Å²) in [6.07, 6.45) is 3.05. The Kier molecular flexibility index (Phi) is 5.73. The number of nitrogens with zero attached hydrogens (tertiary/aromatic N) is 3. The molecule has 1 aromatic carbocycles. The molecule has 0 saturated carbocycles. The topological polar surface area (TPSA) is 52.0 Å². The highest BCUT2D eigenvalue weighted by atomic mass is 32.1. The Morgan fingerprint density at radius 3 is 2.86 bits per heavy atom. The lowest BCUT2D eigenvalue weighted by Crippen LogP contribution is -2.01. The second kappa shape index (κ2) is 8.58. The highest BCUT2D eigenvalue weighted by Gasteiger charge is 2.13. The van der Waals surface area contributed by atoms with Gasteiger partial charge >= 0.3 is 0 Å². The molecule has 0 saturated heterocycles. The van der Waals surface area contributed by atoms with Crippen molar-refractivity contribution in [3.8, 4) is 16.3 Å². The van der Waals surface area contributed by atoms with Crippen molar-refractivity contribution in [1.82, 2.24) is 14.8 Å². The van der Waals surface area contributed by atoms with Crippen molar-refractivity contribution in [3.05, 3.63) is 70.2 Å². The van der Waals surface area contributed by atoms with Gasteiger partial charge in [0.25, 0.3) is 0 Å². The molecule has 0 radical (unpaired) electrons. The van der Waals surface area contributed by atoms with Crippen LogP contribution >= 0.6 is 22.7 Å². The van der Waals surface area contributed by atoms with Crippen molar-refractivity contribution in [3.63, 3.8) is 0 Å². The molecule has 7 heteroatoms. The van der Waals surface area contributed by atoms with Crippen molar-refractivity contribution >= 4 is 27.8 Å². The fourth-order valence-corrected chi connectivity index (χ4v) is 4.64. The fourth-order valence-electron chi connectivity index (χ4n) is 3.02. The molecular weight excluding hydrogens is 388 g/mol. The minimum atomic E-state index is 0.672.